The fourth-order valence-corrected chi connectivity index (χ4v) is 2.47. The van der Waals surface area contributed by atoms with Crippen molar-refractivity contribution in [2.24, 2.45) is 0 Å². The van der Waals surface area contributed by atoms with Crippen LogP contribution < -0.4 is 5.32 Å². The largest absolute Gasteiger partial charge is 0.480 e. The number of nitrogens with one attached hydrogen (secondary N) is 1. The van der Waals surface area contributed by atoms with Crippen LogP contribution in [0.5, 0.6) is 0 Å². The van der Waals surface area contributed by atoms with Gasteiger partial charge < -0.3 is 5.11 Å². The Kier molecular flexibility index (Phi) is 5.62. The number of benzene rings is 2. The first-order valence-electron chi connectivity index (χ1n) is 6.50. The molecule has 0 aliphatic rings. The van der Waals surface area contributed by atoms with Gasteiger partial charge in [-0.1, -0.05) is 59.6 Å². The van der Waals surface area contributed by atoms with Crippen molar-refractivity contribution in [3.8, 4) is 0 Å². The Hall–Kier alpha value is -1.55. The highest BCUT2D eigenvalue weighted by Gasteiger charge is 2.17. The first-order valence-corrected chi connectivity index (χ1v) is 7.26. The topological polar surface area (TPSA) is 49.3 Å². The first-order chi connectivity index (χ1) is 10.1. The van der Waals surface area contributed by atoms with Gasteiger partial charge in [-0.2, -0.15) is 0 Å². The summed E-state index contributed by atoms with van der Waals surface area (Å²) in [6.07, 6.45) is 0.418. The van der Waals surface area contributed by atoms with Crippen molar-refractivity contribution in [3.05, 3.63) is 69.7 Å². The van der Waals surface area contributed by atoms with Gasteiger partial charge in [-0.3, -0.25) is 10.1 Å². The van der Waals surface area contributed by atoms with Gasteiger partial charge in [0.2, 0.25) is 0 Å². The van der Waals surface area contributed by atoms with E-state index in [4.69, 9.17) is 23.2 Å². The summed E-state index contributed by atoms with van der Waals surface area (Å²) in [6, 6.07) is 14.0. The van der Waals surface area contributed by atoms with Crippen LogP contribution in [0.1, 0.15) is 11.1 Å². The number of rotatable bonds is 6. The van der Waals surface area contributed by atoms with Crippen molar-refractivity contribution in [1.29, 1.82) is 0 Å². The van der Waals surface area contributed by atoms with Gasteiger partial charge >= 0.3 is 5.97 Å². The lowest BCUT2D eigenvalue weighted by atomic mass is 10.1. The van der Waals surface area contributed by atoms with E-state index >= 15 is 0 Å². The summed E-state index contributed by atoms with van der Waals surface area (Å²) in [5.74, 6) is -0.885. The van der Waals surface area contributed by atoms with Crippen LogP contribution in [0.4, 0.5) is 0 Å². The number of carbonyl (C=O) groups is 1. The van der Waals surface area contributed by atoms with Crippen molar-refractivity contribution in [2.45, 2.75) is 19.0 Å². The van der Waals surface area contributed by atoms with Gasteiger partial charge in [0.15, 0.2) is 0 Å². The zero-order valence-electron chi connectivity index (χ0n) is 11.2. The molecule has 0 fully saturated rings. The molecule has 2 N–H and O–H groups in total. The van der Waals surface area contributed by atoms with E-state index in [0.717, 1.165) is 11.1 Å². The van der Waals surface area contributed by atoms with Gasteiger partial charge in [-0.05, 0) is 29.7 Å². The van der Waals surface area contributed by atoms with Crippen LogP contribution in [0.15, 0.2) is 48.5 Å². The Labute approximate surface area is 133 Å². The van der Waals surface area contributed by atoms with E-state index < -0.39 is 12.0 Å². The maximum absolute atomic E-state index is 11.3. The molecule has 0 radical (unpaired) electrons. The molecule has 110 valence electrons. The second-order valence-electron chi connectivity index (χ2n) is 4.70. The zero-order chi connectivity index (χ0) is 15.2. The predicted octanol–water partition coefficient (Wildman–Crippen LogP) is 3.78. The second-order valence-corrected chi connectivity index (χ2v) is 5.54. The van der Waals surface area contributed by atoms with E-state index in [1.54, 1.807) is 18.2 Å². The van der Waals surface area contributed by atoms with E-state index in [0.29, 0.717) is 23.0 Å². The highest BCUT2D eigenvalue weighted by Crippen LogP contribution is 2.21. The van der Waals surface area contributed by atoms with Crippen molar-refractivity contribution in [2.75, 3.05) is 0 Å². The molecule has 0 saturated carbocycles. The van der Waals surface area contributed by atoms with Crippen LogP contribution >= 0.6 is 23.2 Å². The lowest BCUT2D eigenvalue weighted by Crippen LogP contribution is -2.38. The number of carboxylic acid groups (broad SMARTS) is 1. The minimum Gasteiger partial charge on any atom is -0.480 e. The van der Waals surface area contributed by atoms with Gasteiger partial charge in [-0.25, -0.2) is 0 Å². The van der Waals surface area contributed by atoms with Gasteiger partial charge in [0, 0.05) is 16.6 Å². The number of halogens is 2. The molecule has 0 heterocycles. The summed E-state index contributed by atoms with van der Waals surface area (Å²) in [6.45, 7) is 0.375. The van der Waals surface area contributed by atoms with Crippen molar-refractivity contribution in [1.82, 2.24) is 5.32 Å². The number of hydrogen-bond donors (Lipinski definition) is 2. The van der Waals surface area contributed by atoms with Crippen LogP contribution in [0.2, 0.25) is 10.0 Å². The summed E-state index contributed by atoms with van der Waals surface area (Å²) in [5.41, 5.74) is 1.79. The van der Waals surface area contributed by atoms with E-state index in [1.807, 2.05) is 30.3 Å². The monoisotopic (exact) mass is 323 g/mol. The number of hydrogen-bond acceptors (Lipinski definition) is 2. The van der Waals surface area contributed by atoms with Gasteiger partial charge in [0.25, 0.3) is 0 Å². The van der Waals surface area contributed by atoms with E-state index in [2.05, 4.69) is 5.32 Å². The minimum atomic E-state index is -0.885. The fraction of sp³-hybridized carbons (Fsp3) is 0.188. The second kappa shape index (κ2) is 7.46. The Balaban J connectivity index is 2.02. The van der Waals surface area contributed by atoms with Crippen molar-refractivity contribution >= 4 is 29.2 Å². The van der Waals surface area contributed by atoms with Gasteiger partial charge in [-0.15, -0.1) is 0 Å². The van der Waals surface area contributed by atoms with Crippen LogP contribution in [0, 0.1) is 0 Å². The molecule has 1 atom stereocenters. The molecule has 2 aromatic rings. The molecule has 0 unspecified atom stereocenters. The molecule has 5 heteroatoms. The number of carboxylic acids is 1. The molecular weight excluding hydrogens is 309 g/mol. The molecule has 0 aliphatic heterocycles. The van der Waals surface area contributed by atoms with Crippen molar-refractivity contribution in [3.63, 3.8) is 0 Å². The summed E-state index contributed by atoms with van der Waals surface area (Å²) in [7, 11) is 0. The maximum Gasteiger partial charge on any atom is 0.321 e. The molecular formula is C16H15Cl2NO2. The Morgan fingerprint density at radius 1 is 1.14 bits per heavy atom. The standard InChI is InChI=1S/C16H15Cl2NO2/c17-13-7-6-12(14(18)9-13)10-19-15(16(20)21)8-11-4-2-1-3-5-11/h1-7,9,15,19H,8,10H2,(H,20,21)/t15-/m0/s1. The Bertz CT molecular complexity index is 617. The highest BCUT2D eigenvalue weighted by atomic mass is 35.5. The SMILES string of the molecule is O=C(O)[C@H](Cc1ccccc1)NCc1ccc(Cl)cc1Cl. The van der Waals surface area contributed by atoms with Crippen LogP contribution in [0.3, 0.4) is 0 Å². The average molecular weight is 324 g/mol. The summed E-state index contributed by atoms with van der Waals surface area (Å²) in [4.78, 5) is 11.3. The molecule has 2 aromatic carbocycles. The molecule has 0 aromatic heterocycles. The minimum absolute atomic E-state index is 0.375. The smallest absolute Gasteiger partial charge is 0.321 e. The average Bonchev–Trinajstić information content (AvgIpc) is 2.46. The predicted molar refractivity (Wildman–Crippen MR) is 84.9 cm³/mol. The molecule has 3 nitrogen and oxygen atoms in total. The van der Waals surface area contributed by atoms with E-state index in [-0.39, 0.29) is 0 Å². The highest BCUT2D eigenvalue weighted by molar-refractivity contribution is 6.35. The van der Waals surface area contributed by atoms with Gasteiger partial charge in [0.1, 0.15) is 6.04 Å². The Morgan fingerprint density at radius 3 is 2.48 bits per heavy atom. The molecule has 0 saturated heterocycles. The molecule has 0 bridgehead atoms. The zero-order valence-corrected chi connectivity index (χ0v) is 12.7. The normalized spacial score (nSPS) is 12.1. The van der Waals surface area contributed by atoms with Crippen LogP contribution in [-0.4, -0.2) is 17.1 Å². The third-order valence-corrected chi connectivity index (χ3v) is 3.72. The Morgan fingerprint density at radius 2 is 1.86 bits per heavy atom. The lowest BCUT2D eigenvalue weighted by molar-refractivity contribution is -0.139. The lowest BCUT2D eigenvalue weighted by Gasteiger charge is -2.15. The van der Waals surface area contributed by atoms with Crippen molar-refractivity contribution < 1.29 is 9.90 Å². The van der Waals surface area contributed by atoms with E-state index in [1.165, 1.54) is 0 Å². The van der Waals surface area contributed by atoms with E-state index in [9.17, 15) is 9.90 Å². The number of aliphatic carboxylic acids is 1. The molecule has 21 heavy (non-hydrogen) atoms. The molecule has 2 rings (SSSR count). The van der Waals surface area contributed by atoms with Crippen LogP contribution in [0.25, 0.3) is 0 Å². The summed E-state index contributed by atoms with van der Waals surface area (Å²) in [5, 5.41) is 13.4. The quantitative estimate of drug-likeness (QED) is 0.850. The summed E-state index contributed by atoms with van der Waals surface area (Å²) >= 11 is 11.9. The molecule has 0 aliphatic carbocycles. The first kappa shape index (κ1) is 15.8. The van der Waals surface area contributed by atoms with Gasteiger partial charge in [0.05, 0.1) is 0 Å². The maximum atomic E-state index is 11.3. The molecule has 0 spiro atoms. The summed E-state index contributed by atoms with van der Waals surface area (Å²) < 4.78 is 0. The third-order valence-electron chi connectivity index (χ3n) is 3.13. The van der Waals surface area contributed by atoms with Crippen LogP contribution in [-0.2, 0) is 17.8 Å². The fourth-order valence-electron chi connectivity index (χ4n) is 1.99. The molecule has 0 amide bonds. The third kappa shape index (κ3) is 4.74.